The van der Waals surface area contributed by atoms with Gasteiger partial charge in [-0.05, 0) is 31.1 Å². The van der Waals surface area contributed by atoms with Gasteiger partial charge in [0, 0.05) is 20.1 Å². The molecule has 0 bridgehead atoms. The highest BCUT2D eigenvalue weighted by molar-refractivity contribution is 5.25. The molecule has 0 spiro atoms. The van der Waals surface area contributed by atoms with Crippen molar-refractivity contribution in [1.29, 1.82) is 0 Å². The smallest absolute Gasteiger partial charge is 0.157 e. The third-order valence-corrected chi connectivity index (χ3v) is 2.12. The highest BCUT2D eigenvalue weighted by Gasteiger charge is 2.12. The van der Waals surface area contributed by atoms with Gasteiger partial charge in [-0.15, -0.1) is 0 Å². The SMILES string of the molecule is COCC#CC#CCCOC1CCCCO1. The van der Waals surface area contributed by atoms with Crippen LogP contribution in [0, 0.1) is 23.7 Å². The summed E-state index contributed by atoms with van der Waals surface area (Å²) in [5.74, 6) is 11.1. The molecule has 3 nitrogen and oxygen atoms in total. The van der Waals surface area contributed by atoms with Crippen LogP contribution < -0.4 is 0 Å². The summed E-state index contributed by atoms with van der Waals surface area (Å²) >= 11 is 0. The lowest BCUT2D eigenvalue weighted by Gasteiger charge is -2.22. The maximum Gasteiger partial charge on any atom is 0.157 e. The van der Waals surface area contributed by atoms with Crippen LogP contribution in [0.4, 0.5) is 0 Å². The molecule has 1 aliphatic rings. The van der Waals surface area contributed by atoms with Gasteiger partial charge in [0.25, 0.3) is 0 Å². The summed E-state index contributed by atoms with van der Waals surface area (Å²) in [5.41, 5.74) is 0. The highest BCUT2D eigenvalue weighted by atomic mass is 16.7. The molecule has 0 saturated carbocycles. The molecule has 1 unspecified atom stereocenters. The summed E-state index contributed by atoms with van der Waals surface area (Å²) in [6.45, 7) is 1.86. The maximum absolute atomic E-state index is 5.51. The Kier molecular flexibility index (Phi) is 7.55. The summed E-state index contributed by atoms with van der Waals surface area (Å²) < 4.78 is 15.7. The van der Waals surface area contributed by atoms with Crippen molar-refractivity contribution in [2.75, 3.05) is 26.9 Å². The Bertz CT molecular complexity index is 284. The van der Waals surface area contributed by atoms with Crippen LogP contribution in [0.25, 0.3) is 0 Å². The van der Waals surface area contributed by atoms with E-state index in [9.17, 15) is 0 Å². The Labute approximate surface area is 97.5 Å². The normalized spacial score (nSPS) is 19.2. The zero-order valence-electron chi connectivity index (χ0n) is 9.75. The third kappa shape index (κ3) is 6.48. The second-order valence-electron chi connectivity index (χ2n) is 3.45. The molecular formula is C13H18O3. The van der Waals surface area contributed by atoms with Crippen molar-refractivity contribution in [3.05, 3.63) is 0 Å². The van der Waals surface area contributed by atoms with E-state index in [-0.39, 0.29) is 6.29 Å². The van der Waals surface area contributed by atoms with Crippen molar-refractivity contribution in [1.82, 2.24) is 0 Å². The van der Waals surface area contributed by atoms with Crippen molar-refractivity contribution in [3.63, 3.8) is 0 Å². The first kappa shape index (κ1) is 13.1. The fraction of sp³-hybridized carbons (Fsp3) is 0.692. The van der Waals surface area contributed by atoms with Crippen molar-refractivity contribution in [2.45, 2.75) is 32.0 Å². The molecule has 88 valence electrons. The van der Waals surface area contributed by atoms with Gasteiger partial charge in [-0.25, -0.2) is 0 Å². The Balaban J connectivity index is 2.00. The van der Waals surface area contributed by atoms with Crippen LogP contribution in [0.15, 0.2) is 0 Å². The second-order valence-corrected chi connectivity index (χ2v) is 3.45. The van der Waals surface area contributed by atoms with Gasteiger partial charge in [-0.2, -0.15) is 0 Å². The van der Waals surface area contributed by atoms with Crippen molar-refractivity contribution in [3.8, 4) is 23.7 Å². The lowest BCUT2D eigenvalue weighted by molar-refractivity contribution is -0.161. The van der Waals surface area contributed by atoms with Crippen molar-refractivity contribution >= 4 is 0 Å². The van der Waals surface area contributed by atoms with Crippen LogP contribution >= 0.6 is 0 Å². The lowest BCUT2D eigenvalue weighted by Crippen LogP contribution is -2.22. The highest BCUT2D eigenvalue weighted by Crippen LogP contribution is 2.13. The van der Waals surface area contributed by atoms with E-state index in [2.05, 4.69) is 23.7 Å². The van der Waals surface area contributed by atoms with Crippen molar-refractivity contribution in [2.24, 2.45) is 0 Å². The van der Waals surface area contributed by atoms with Crippen LogP contribution in [0.2, 0.25) is 0 Å². The Morgan fingerprint density at radius 3 is 2.88 bits per heavy atom. The summed E-state index contributed by atoms with van der Waals surface area (Å²) in [6, 6.07) is 0. The molecule has 0 amide bonds. The van der Waals surface area contributed by atoms with Gasteiger partial charge in [0.05, 0.1) is 6.61 Å². The van der Waals surface area contributed by atoms with E-state index >= 15 is 0 Å². The first-order valence-corrected chi connectivity index (χ1v) is 5.61. The molecule has 3 heteroatoms. The van der Waals surface area contributed by atoms with Gasteiger partial charge in [0.2, 0.25) is 0 Å². The largest absolute Gasteiger partial charge is 0.372 e. The summed E-state index contributed by atoms with van der Waals surface area (Å²) in [4.78, 5) is 0. The van der Waals surface area contributed by atoms with E-state index in [4.69, 9.17) is 14.2 Å². The van der Waals surface area contributed by atoms with Gasteiger partial charge in [-0.1, -0.05) is 11.8 Å². The van der Waals surface area contributed by atoms with Gasteiger partial charge in [-0.3, -0.25) is 0 Å². The molecule has 0 N–H and O–H groups in total. The quantitative estimate of drug-likeness (QED) is 0.534. The number of rotatable bonds is 4. The minimum Gasteiger partial charge on any atom is -0.372 e. The van der Waals surface area contributed by atoms with E-state index in [0.29, 0.717) is 19.6 Å². The monoisotopic (exact) mass is 222 g/mol. The van der Waals surface area contributed by atoms with Gasteiger partial charge >= 0.3 is 0 Å². The van der Waals surface area contributed by atoms with Crippen LogP contribution in [-0.2, 0) is 14.2 Å². The number of ether oxygens (including phenoxy) is 3. The molecule has 0 radical (unpaired) electrons. The average Bonchev–Trinajstić information content (AvgIpc) is 2.34. The molecular weight excluding hydrogens is 204 g/mol. The zero-order valence-corrected chi connectivity index (χ0v) is 9.75. The second kappa shape index (κ2) is 9.24. The molecule has 0 aromatic rings. The Morgan fingerprint density at radius 1 is 1.25 bits per heavy atom. The van der Waals surface area contributed by atoms with E-state index in [1.165, 1.54) is 6.42 Å². The molecule has 1 saturated heterocycles. The molecule has 1 fully saturated rings. The molecule has 1 rings (SSSR count). The molecule has 1 atom stereocenters. The average molecular weight is 222 g/mol. The van der Waals surface area contributed by atoms with E-state index in [0.717, 1.165) is 19.4 Å². The predicted molar refractivity (Wildman–Crippen MR) is 61.6 cm³/mol. The standard InChI is InChI=1S/C13H18O3/c1-14-10-6-3-2-4-7-11-15-13-9-5-8-12-16-13/h13H,5,7-12H2,1H3. The Hall–Kier alpha value is -1.00. The zero-order chi connectivity index (χ0) is 11.5. The topological polar surface area (TPSA) is 27.7 Å². The summed E-state index contributed by atoms with van der Waals surface area (Å²) in [7, 11) is 1.61. The lowest BCUT2D eigenvalue weighted by atomic mass is 10.2. The van der Waals surface area contributed by atoms with E-state index in [1.807, 2.05) is 0 Å². The minimum absolute atomic E-state index is 0.0184. The van der Waals surface area contributed by atoms with Gasteiger partial charge < -0.3 is 14.2 Å². The molecule has 0 aliphatic carbocycles. The van der Waals surface area contributed by atoms with Crippen LogP contribution in [0.5, 0.6) is 0 Å². The first-order chi connectivity index (χ1) is 7.93. The Morgan fingerprint density at radius 2 is 2.12 bits per heavy atom. The molecule has 0 aromatic carbocycles. The third-order valence-electron chi connectivity index (χ3n) is 2.12. The number of hydrogen-bond donors (Lipinski definition) is 0. The molecule has 1 aliphatic heterocycles. The fourth-order valence-corrected chi connectivity index (χ4v) is 1.34. The van der Waals surface area contributed by atoms with Crippen LogP contribution in [0.3, 0.4) is 0 Å². The van der Waals surface area contributed by atoms with E-state index < -0.39 is 0 Å². The minimum atomic E-state index is -0.0184. The number of hydrogen-bond acceptors (Lipinski definition) is 3. The summed E-state index contributed by atoms with van der Waals surface area (Å²) in [5, 5.41) is 0. The predicted octanol–water partition coefficient (Wildman–Crippen LogP) is 1.57. The van der Waals surface area contributed by atoms with Gasteiger partial charge in [0.15, 0.2) is 6.29 Å². The molecule has 0 aromatic heterocycles. The van der Waals surface area contributed by atoms with Gasteiger partial charge in [0.1, 0.15) is 6.61 Å². The molecule has 1 heterocycles. The van der Waals surface area contributed by atoms with E-state index in [1.54, 1.807) is 7.11 Å². The first-order valence-electron chi connectivity index (χ1n) is 5.61. The van der Waals surface area contributed by atoms with Crippen molar-refractivity contribution < 1.29 is 14.2 Å². The van der Waals surface area contributed by atoms with Crippen LogP contribution in [-0.4, -0.2) is 33.2 Å². The summed E-state index contributed by atoms with van der Waals surface area (Å²) in [6.07, 6.45) is 4.02. The fourth-order valence-electron chi connectivity index (χ4n) is 1.34. The number of methoxy groups -OCH3 is 1. The molecule has 16 heavy (non-hydrogen) atoms. The maximum atomic E-state index is 5.51. The van der Waals surface area contributed by atoms with Crippen LogP contribution in [0.1, 0.15) is 25.7 Å².